The Morgan fingerprint density at radius 2 is 1.67 bits per heavy atom. The predicted molar refractivity (Wildman–Crippen MR) is 53.3 cm³/mol. The fourth-order valence-electron chi connectivity index (χ4n) is 1.70. The van der Waals surface area contributed by atoms with Crippen molar-refractivity contribution in [2.45, 2.75) is 46.1 Å². The largest absolute Gasteiger partial charge is 0.395 e. The van der Waals surface area contributed by atoms with Crippen LogP contribution in [-0.2, 0) is 0 Å². The summed E-state index contributed by atoms with van der Waals surface area (Å²) in [5, 5.41) is 8.86. The molecule has 1 N–H and O–H groups in total. The highest BCUT2D eigenvalue weighted by Gasteiger charge is 2.12. The number of rotatable bonds is 7. The van der Waals surface area contributed by atoms with Crippen molar-refractivity contribution in [3.63, 3.8) is 0 Å². The molecule has 0 atom stereocenters. The summed E-state index contributed by atoms with van der Waals surface area (Å²) in [5.74, 6) is 0. The quantitative estimate of drug-likeness (QED) is 0.635. The SMILES string of the molecule is CCCN(CCO)C(CC)CC. The molecule has 0 spiro atoms. The molecule has 0 aromatic heterocycles. The van der Waals surface area contributed by atoms with Crippen LogP contribution >= 0.6 is 0 Å². The molecular formula is C10H23NO. The van der Waals surface area contributed by atoms with Gasteiger partial charge in [-0.05, 0) is 25.8 Å². The molecule has 2 nitrogen and oxygen atoms in total. The molecule has 0 aliphatic rings. The Labute approximate surface area is 76.6 Å². The lowest BCUT2D eigenvalue weighted by molar-refractivity contribution is 0.144. The van der Waals surface area contributed by atoms with Gasteiger partial charge in [-0.25, -0.2) is 0 Å². The summed E-state index contributed by atoms with van der Waals surface area (Å²) in [4.78, 5) is 2.39. The second kappa shape index (κ2) is 7.56. The Bertz CT molecular complexity index is 85.8. The Kier molecular flexibility index (Phi) is 7.51. The van der Waals surface area contributed by atoms with E-state index in [-0.39, 0.29) is 6.61 Å². The number of aliphatic hydroxyl groups excluding tert-OH is 1. The van der Waals surface area contributed by atoms with E-state index < -0.39 is 0 Å². The summed E-state index contributed by atoms with van der Waals surface area (Å²) < 4.78 is 0. The molecule has 0 bridgehead atoms. The highest BCUT2D eigenvalue weighted by atomic mass is 16.3. The Morgan fingerprint density at radius 1 is 1.08 bits per heavy atom. The second-order valence-corrected chi connectivity index (χ2v) is 3.23. The second-order valence-electron chi connectivity index (χ2n) is 3.23. The molecule has 0 amide bonds. The maximum atomic E-state index is 8.86. The first-order valence-electron chi connectivity index (χ1n) is 5.14. The van der Waals surface area contributed by atoms with Crippen molar-refractivity contribution in [2.75, 3.05) is 19.7 Å². The Hall–Kier alpha value is -0.0800. The highest BCUT2D eigenvalue weighted by molar-refractivity contribution is 4.67. The fraction of sp³-hybridized carbons (Fsp3) is 1.00. The first-order valence-corrected chi connectivity index (χ1v) is 5.14. The minimum Gasteiger partial charge on any atom is -0.395 e. The average Bonchev–Trinajstić information content (AvgIpc) is 2.07. The van der Waals surface area contributed by atoms with Crippen LogP contribution in [0, 0.1) is 0 Å². The molecule has 2 heteroatoms. The van der Waals surface area contributed by atoms with Crippen molar-refractivity contribution in [1.29, 1.82) is 0 Å². The minimum absolute atomic E-state index is 0.288. The monoisotopic (exact) mass is 173 g/mol. The van der Waals surface area contributed by atoms with Gasteiger partial charge in [-0.15, -0.1) is 0 Å². The summed E-state index contributed by atoms with van der Waals surface area (Å²) in [6, 6.07) is 0.664. The summed E-state index contributed by atoms with van der Waals surface area (Å²) in [7, 11) is 0. The smallest absolute Gasteiger partial charge is 0.0558 e. The number of hydrogen-bond donors (Lipinski definition) is 1. The lowest BCUT2D eigenvalue weighted by Crippen LogP contribution is -2.37. The molecule has 0 radical (unpaired) electrons. The maximum Gasteiger partial charge on any atom is 0.0558 e. The van der Waals surface area contributed by atoms with Gasteiger partial charge in [0.15, 0.2) is 0 Å². The van der Waals surface area contributed by atoms with E-state index in [0.717, 1.165) is 13.1 Å². The van der Waals surface area contributed by atoms with E-state index in [4.69, 9.17) is 5.11 Å². The van der Waals surface area contributed by atoms with E-state index >= 15 is 0 Å². The molecule has 0 aromatic carbocycles. The van der Waals surface area contributed by atoms with Crippen molar-refractivity contribution in [3.05, 3.63) is 0 Å². The molecule has 0 fully saturated rings. The lowest BCUT2D eigenvalue weighted by atomic mass is 10.1. The zero-order valence-corrected chi connectivity index (χ0v) is 8.71. The molecular weight excluding hydrogens is 150 g/mol. The average molecular weight is 173 g/mol. The van der Waals surface area contributed by atoms with Gasteiger partial charge in [0, 0.05) is 12.6 Å². The topological polar surface area (TPSA) is 23.5 Å². The third kappa shape index (κ3) is 4.07. The van der Waals surface area contributed by atoms with Gasteiger partial charge in [0.05, 0.1) is 6.61 Å². The van der Waals surface area contributed by atoms with Crippen LogP contribution in [0.25, 0.3) is 0 Å². The van der Waals surface area contributed by atoms with E-state index in [9.17, 15) is 0 Å². The van der Waals surface area contributed by atoms with Gasteiger partial charge in [-0.1, -0.05) is 20.8 Å². The maximum absolute atomic E-state index is 8.86. The third-order valence-electron chi connectivity index (χ3n) is 2.36. The zero-order chi connectivity index (χ0) is 9.40. The molecule has 0 saturated carbocycles. The molecule has 0 saturated heterocycles. The van der Waals surface area contributed by atoms with Gasteiger partial charge < -0.3 is 5.11 Å². The predicted octanol–water partition coefficient (Wildman–Crippen LogP) is 1.88. The van der Waals surface area contributed by atoms with Crippen molar-refractivity contribution >= 4 is 0 Å². The first-order chi connectivity index (χ1) is 5.79. The van der Waals surface area contributed by atoms with Crippen LogP contribution in [0.5, 0.6) is 0 Å². The third-order valence-corrected chi connectivity index (χ3v) is 2.36. The van der Waals surface area contributed by atoms with Crippen LogP contribution in [0.2, 0.25) is 0 Å². The van der Waals surface area contributed by atoms with Gasteiger partial charge in [-0.3, -0.25) is 4.90 Å². The van der Waals surface area contributed by atoms with E-state index in [1.54, 1.807) is 0 Å². The molecule has 0 aliphatic heterocycles. The number of hydrogen-bond acceptors (Lipinski definition) is 2. The molecule has 12 heavy (non-hydrogen) atoms. The van der Waals surface area contributed by atoms with E-state index in [1.807, 2.05) is 0 Å². The fourth-order valence-corrected chi connectivity index (χ4v) is 1.70. The van der Waals surface area contributed by atoms with Gasteiger partial charge in [0.1, 0.15) is 0 Å². The standard InChI is InChI=1S/C10H23NO/c1-4-7-11(8-9-12)10(5-2)6-3/h10,12H,4-9H2,1-3H3. The molecule has 0 aromatic rings. The summed E-state index contributed by atoms with van der Waals surface area (Å²) >= 11 is 0. The van der Waals surface area contributed by atoms with Crippen LogP contribution in [0.1, 0.15) is 40.0 Å². The van der Waals surface area contributed by atoms with Crippen molar-refractivity contribution in [3.8, 4) is 0 Å². The van der Waals surface area contributed by atoms with Crippen LogP contribution < -0.4 is 0 Å². The summed E-state index contributed by atoms with van der Waals surface area (Å²) in [5.41, 5.74) is 0. The highest BCUT2D eigenvalue weighted by Crippen LogP contribution is 2.08. The molecule has 0 unspecified atom stereocenters. The Morgan fingerprint density at radius 3 is 2.00 bits per heavy atom. The summed E-state index contributed by atoms with van der Waals surface area (Å²) in [6.07, 6.45) is 3.56. The molecule has 0 rings (SSSR count). The van der Waals surface area contributed by atoms with Gasteiger partial charge >= 0.3 is 0 Å². The van der Waals surface area contributed by atoms with Crippen molar-refractivity contribution in [2.24, 2.45) is 0 Å². The first kappa shape index (κ1) is 11.9. The minimum atomic E-state index is 0.288. The number of aliphatic hydroxyl groups is 1. The van der Waals surface area contributed by atoms with E-state index in [0.29, 0.717) is 6.04 Å². The molecule has 0 aliphatic carbocycles. The van der Waals surface area contributed by atoms with Crippen molar-refractivity contribution in [1.82, 2.24) is 4.90 Å². The number of nitrogens with zero attached hydrogens (tertiary/aromatic N) is 1. The Balaban J connectivity index is 3.86. The van der Waals surface area contributed by atoms with Crippen LogP contribution in [0.3, 0.4) is 0 Å². The zero-order valence-electron chi connectivity index (χ0n) is 8.71. The lowest BCUT2D eigenvalue weighted by Gasteiger charge is -2.29. The molecule has 74 valence electrons. The molecule has 0 heterocycles. The van der Waals surface area contributed by atoms with Gasteiger partial charge in [0.2, 0.25) is 0 Å². The van der Waals surface area contributed by atoms with Crippen LogP contribution in [-0.4, -0.2) is 35.7 Å². The van der Waals surface area contributed by atoms with Crippen LogP contribution in [0.15, 0.2) is 0 Å². The van der Waals surface area contributed by atoms with E-state index in [2.05, 4.69) is 25.7 Å². The van der Waals surface area contributed by atoms with Crippen LogP contribution in [0.4, 0.5) is 0 Å². The van der Waals surface area contributed by atoms with E-state index in [1.165, 1.54) is 19.3 Å². The normalized spacial score (nSPS) is 11.5. The van der Waals surface area contributed by atoms with Crippen molar-refractivity contribution < 1.29 is 5.11 Å². The van der Waals surface area contributed by atoms with Gasteiger partial charge in [0.25, 0.3) is 0 Å². The summed E-state index contributed by atoms with van der Waals surface area (Å²) in [6.45, 7) is 8.86. The van der Waals surface area contributed by atoms with Gasteiger partial charge in [-0.2, -0.15) is 0 Å².